The summed E-state index contributed by atoms with van der Waals surface area (Å²) in [5, 5.41) is 0. The summed E-state index contributed by atoms with van der Waals surface area (Å²) in [4.78, 5) is 0. The number of hydrogen-bond acceptors (Lipinski definition) is 2. The molecule has 0 atom stereocenters. The Morgan fingerprint density at radius 2 is 1.73 bits per heavy atom. The molecule has 0 saturated carbocycles. The first-order valence-electron chi connectivity index (χ1n) is 10.7. The Hall–Kier alpha value is -1.29. The average Bonchev–Trinajstić information content (AvgIpc) is 3.10. The van der Waals surface area contributed by atoms with Gasteiger partial charge in [-0.2, -0.15) is 0 Å². The Labute approximate surface area is 194 Å². The van der Waals surface area contributed by atoms with Gasteiger partial charge in [0, 0.05) is 6.07 Å². The summed E-state index contributed by atoms with van der Waals surface area (Å²) in [5.41, 5.74) is 3.02. The predicted octanol–water partition coefficient (Wildman–Crippen LogP) is 7.50. The fraction of sp³-hybridized carbons (Fsp3) is 0.462. The van der Waals surface area contributed by atoms with Crippen molar-refractivity contribution in [1.82, 2.24) is 0 Å². The summed E-state index contributed by atoms with van der Waals surface area (Å²) in [5.74, 6) is 1.54. The Morgan fingerprint density at radius 1 is 1.10 bits per heavy atom. The summed E-state index contributed by atoms with van der Waals surface area (Å²) in [6, 6.07) is 7.52. The van der Waals surface area contributed by atoms with E-state index in [4.69, 9.17) is 9.47 Å². The Kier molecular flexibility index (Phi) is 10.6. The third-order valence-corrected chi connectivity index (χ3v) is 10.6. The fourth-order valence-corrected chi connectivity index (χ4v) is 8.62. The van der Waals surface area contributed by atoms with Gasteiger partial charge < -0.3 is 9.47 Å². The number of ether oxygens (including phenoxy) is 2. The molecule has 0 aromatic heterocycles. The van der Waals surface area contributed by atoms with Crippen LogP contribution in [0.2, 0.25) is 13.1 Å². The molecular weight excluding hydrogens is 420 g/mol. The summed E-state index contributed by atoms with van der Waals surface area (Å²) >= 11 is 0.302. The molecule has 1 aliphatic rings. The molecule has 1 aromatic carbocycles. The van der Waals surface area contributed by atoms with E-state index >= 15 is 0 Å². The molecule has 2 nitrogen and oxygen atoms in total. The molecule has 0 amide bonds. The van der Waals surface area contributed by atoms with Crippen LogP contribution in [-0.4, -0.2) is 13.8 Å². The molecule has 0 bridgehead atoms. The van der Waals surface area contributed by atoms with Gasteiger partial charge >= 0.3 is 92.4 Å². The summed E-state index contributed by atoms with van der Waals surface area (Å²) in [6.07, 6.45) is 9.77. The number of methoxy groups -OCH3 is 1. The summed E-state index contributed by atoms with van der Waals surface area (Å²) < 4.78 is 12.5. The van der Waals surface area contributed by atoms with Crippen molar-refractivity contribution in [2.45, 2.75) is 61.1 Å². The van der Waals surface area contributed by atoms with E-state index in [1.807, 2.05) is 30.3 Å². The van der Waals surface area contributed by atoms with Crippen molar-refractivity contribution in [3.05, 3.63) is 70.4 Å². The monoisotopic (exact) mass is 460 g/mol. The molecule has 164 valence electrons. The van der Waals surface area contributed by atoms with Gasteiger partial charge in [0.1, 0.15) is 11.5 Å². The second-order valence-electron chi connectivity index (χ2n) is 9.91. The van der Waals surface area contributed by atoms with E-state index in [0.717, 1.165) is 17.1 Å². The third-order valence-electron chi connectivity index (χ3n) is 4.66. The number of hydrogen-bond donors (Lipinski definition) is 0. The van der Waals surface area contributed by atoms with Gasteiger partial charge in [0.2, 0.25) is 0 Å². The van der Waals surface area contributed by atoms with Crippen molar-refractivity contribution in [2.24, 2.45) is 10.8 Å². The molecule has 0 saturated heterocycles. The van der Waals surface area contributed by atoms with E-state index in [1.165, 1.54) is 6.42 Å². The zero-order chi connectivity index (χ0) is 22.9. The van der Waals surface area contributed by atoms with E-state index in [9.17, 15) is 0 Å². The van der Waals surface area contributed by atoms with Gasteiger partial charge in [0.05, 0.1) is 13.4 Å². The summed E-state index contributed by atoms with van der Waals surface area (Å²) in [6.45, 7) is 21.8. The van der Waals surface area contributed by atoms with E-state index in [-0.39, 0.29) is 12.1 Å². The molecule has 4 heteroatoms. The minimum atomic E-state index is -0.282. The first-order chi connectivity index (χ1) is 13.9. The predicted molar refractivity (Wildman–Crippen MR) is 130 cm³/mol. The number of allylic oxidation sites excluding steroid dienone is 6. The minimum absolute atomic E-state index is 0.0284. The van der Waals surface area contributed by atoms with Gasteiger partial charge in [-0.05, 0) is 23.1 Å². The van der Waals surface area contributed by atoms with Crippen LogP contribution in [0.4, 0.5) is 0 Å². The van der Waals surface area contributed by atoms with Gasteiger partial charge in [-0.3, -0.25) is 0 Å². The van der Waals surface area contributed by atoms with Crippen LogP contribution >= 0.6 is 0 Å². The topological polar surface area (TPSA) is 18.5 Å². The number of benzene rings is 1. The Bertz CT molecular complexity index is 790. The zero-order valence-electron chi connectivity index (χ0n) is 20.4. The van der Waals surface area contributed by atoms with Gasteiger partial charge in [-0.1, -0.05) is 39.5 Å². The van der Waals surface area contributed by atoms with Gasteiger partial charge in [-0.25, -0.2) is 0 Å². The SMILES string of the molecule is C=CC(=COc1cccc(OC)c1)C(C)(C)C.C[SiH](C)[Ti][C]1=CC(C(C)(C)C)=CC1. The molecule has 30 heavy (non-hydrogen) atoms. The first-order valence-corrected chi connectivity index (χ1v) is 17.1. The van der Waals surface area contributed by atoms with Gasteiger partial charge in [0.25, 0.3) is 0 Å². The van der Waals surface area contributed by atoms with Crippen molar-refractivity contribution in [3.8, 4) is 11.5 Å². The third kappa shape index (κ3) is 9.68. The van der Waals surface area contributed by atoms with Crippen LogP contribution in [0.15, 0.2) is 70.4 Å². The molecule has 0 unspecified atom stereocenters. The van der Waals surface area contributed by atoms with Crippen LogP contribution in [0.25, 0.3) is 0 Å². The maximum absolute atomic E-state index is 5.61. The second kappa shape index (κ2) is 11.9. The first kappa shape index (κ1) is 26.7. The van der Waals surface area contributed by atoms with Crippen molar-refractivity contribution in [1.29, 1.82) is 0 Å². The van der Waals surface area contributed by atoms with Crippen LogP contribution in [0.5, 0.6) is 11.5 Å². The quantitative estimate of drug-likeness (QED) is 0.249. The molecule has 1 aromatic rings. The molecular formula is C26H40O2SiTi. The van der Waals surface area contributed by atoms with Crippen LogP contribution < -0.4 is 9.47 Å². The van der Waals surface area contributed by atoms with E-state index < -0.39 is 0 Å². The molecule has 0 heterocycles. The zero-order valence-corrected chi connectivity index (χ0v) is 23.1. The summed E-state index contributed by atoms with van der Waals surface area (Å²) in [7, 11) is 1.64. The maximum atomic E-state index is 5.61. The van der Waals surface area contributed by atoms with E-state index in [1.54, 1.807) is 22.8 Å². The fourth-order valence-electron chi connectivity index (χ4n) is 2.86. The molecule has 0 aliphatic heterocycles. The van der Waals surface area contributed by atoms with Crippen molar-refractivity contribution >= 4 is 6.66 Å². The van der Waals surface area contributed by atoms with Crippen LogP contribution in [0.1, 0.15) is 48.0 Å². The van der Waals surface area contributed by atoms with Crippen LogP contribution in [-0.2, 0) is 18.4 Å². The normalized spacial score (nSPS) is 14.4. The Morgan fingerprint density at radius 3 is 2.20 bits per heavy atom. The Balaban J connectivity index is 0.000000311. The standard InChI is InChI=1S/C15H20O2.C9H13.C2H7Si.Ti/c1-6-12(15(2,3)4)11-17-14-9-7-8-13(10-14)16-5;1-9(2,3)8-6-4-5-7-8;1-3-2;/h6-11H,1H2,2-5H3;6-7H,4H2,1-3H3;3H,1-2H3;. The molecule has 0 spiro atoms. The molecule has 0 radical (unpaired) electrons. The van der Waals surface area contributed by atoms with Gasteiger partial charge in [-0.15, -0.1) is 0 Å². The van der Waals surface area contributed by atoms with Crippen molar-refractivity contribution < 1.29 is 27.9 Å². The molecule has 2 rings (SSSR count). The van der Waals surface area contributed by atoms with Crippen LogP contribution in [0.3, 0.4) is 0 Å². The molecule has 1 aliphatic carbocycles. The second-order valence-corrected chi connectivity index (χ2v) is 20.3. The van der Waals surface area contributed by atoms with Crippen molar-refractivity contribution in [2.75, 3.05) is 7.11 Å². The average molecular weight is 461 g/mol. The van der Waals surface area contributed by atoms with Crippen LogP contribution in [0, 0.1) is 10.8 Å². The van der Waals surface area contributed by atoms with E-state index in [0.29, 0.717) is 23.8 Å². The molecule has 0 N–H and O–H groups in total. The van der Waals surface area contributed by atoms with Gasteiger partial charge in [0.15, 0.2) is 0 Å². The number of rotatable bonds is 6. The van der Waals surface area contributed by atoms with E-state index in [2.05, 4.69) is 73.4 Å². The van der Waals surface area contributed by atoms with Crippen molar-refractivity contribution in [3.63, 3.8) is 0 Å². The molecule has 0 fully saturated rings.